The second kappa shape index (κ2) is 3.90. The molecule has 1 aromatic carbocycles. The van der Waals surface area contributed by atoms with Crippen LogP contribution in [0.25, 0.3) is 0 Å². The first-order valence-corrected chi connectivity index (χ1v) is 4.90. The highest BCUT2D eigenvalue weighted by Gasteiger charge is 2.14. The van der Waals surface area contributed by atoms with Gasteiger partial charge in [0.15, 0.2) is 0 Å². The Hall–Kier alpha value is -0.860. The van der Waals surface area contributed by atoms with Crippen molar-refractivity contribution in [3.63, 3.8) is 0 Å². The summed E-state index contributed by atoms with van der Waals surface area (Å²) in [5.74, 6) is 0. The fourth-order valence-electron chi connectivity index (χ4n) is 1.78. The van der Waals surface area contributed by atoms with Gasteiger partial charge in [0.05, 0.1) is 6.17 Å². The molecule has 1 aliphatic heterocycles. The van der Waals surface area contributed by atoms with Gasteiger partial charge in [0.2, 0.25) is 0 Å². The molecule has 2 heteroatoms. The molecule has 0 amide bonds. The summed E-state index contributed by atoms with van der Waals surface area (Å²) >= 11 is 0. The van der Waals surface area contributed by atoms with Crippen LogP contribution in [0.4, 0.5) is 0 Å². The predicted octanol–water partition coefficient (Wildman–Crippen LogP) is 1.58. The number of aryl methyl sites for hydroxylation is 1. The van der Waals surface area contributed by atoms with Gasteiger partial charge in [-0.25, -0.2) is 0 Å². The van der Waals surface area contributed by atoms with E-state index < -0.39 is 0 Å². The van der Waals surface area contributed by atoms with Gasteiger partial charge >= 0.3 is 0 Å². The lowest BCUT2D eigenvalue weighted by molar-refractivity contribution is 0.379. The molecule has 0 saturated carbocycles. The van der Waals surface area contributed by atoms with Crippen molar-refractivity contribution in [1.29, 1.82) is 0 Å². The standard InChI is InChI=1S/C11H16N2/c1-9-5-2-3-6-10(9)11-12-7-4-8-13-11/h2-3,5-6,11-13H,4,7-8H2,1H3. The molecule has 1 saturated heterocycles. The van der Waals surface area contributed by atoms with Crippen molar-refractivity contribution in [2.75, 3.05) is 13.1 Å². The monoisotopic (exact) mass is 176 g/mol. The van der Waals surface area contributed by atoms with Crippen LogP contribution in [0.5, 0.6) is 0 Å². The van der Waals surface area contributed by atoms with E-state index in [4.69, 9.17) is 0 Å². The molecular formula is C11H16N2. The zero-order valence-electron chi connectivity index (χ0n) is 8.01. The fourth-order valence-corrected chi connectivity index (χ4v) is 1.78. The van der Waals surface area contributed by atoms with Gasteiger partial charge in [-0.2, -0.15) is 0 Å². The van der Waals surface area contributed by atoms with E-state index in [9.17, 15) is 0 Å². The lowest BCUT2D eigenvalue weighted by Gasteiger charge is -2.26. The number of rotatable bonds is 1. The summed E-state index contributed by atoms with van der Waals surface area (Å²) in [5.41, 5.74) is 2.73. The molecule has 2 nitrogen and oxygen atoms in total. The van der Waals surface area contributed by atoms with Crippen LogP contribution in [-0.4, -0.2) is 13.1 Å². The molecule has 2 rings (SSSR count). The van der Waals surface area contributed by atoms with Crippen LogP contribution in [0.1, 0.15) is 23.7 Å². The minimum Gasteiger partial charge on any atom is -0.298 e. The maximum absolute atomic E-state index is 3.47. The Morgan fingerprint density at radius 2 is 1.85 bits per heavy atom. The molecule has 0 spiro atoms. The Labute approximate surface area is 79.4 Å². The molecule has 1 aromatic rings. The van der Waals surface area contributed by atoms with Crippen LogP contribution in [0.3, 0.4) is 0 Å². The molecule has 70 valence electrons. The number of nitrogens with one attached hydrogen (secondary N) is 2. The van der Waals surface area contributed by atoms with E-state index in [0.29, 0.717) is 6.17 Å². The van der Waals surface area contributed by atoms with E-state index in [-0.39, 0.29) is 0 Å². The maximum Gasteiger partial charge on any atom is 0.0838 e. The van der Waals surface area contributed by atoms with Gasteiger partial charge < -0.3 is 0 Å². The summed E-state index contributed by atoms with van der Waals surface area (Å²) in [6, 6.07) is 8.53. The average molecular weight is 176 g/mol. The van der Waals surface area contributed by atoms with Crippen molar-refractivity contribution in [3.8, 4) is 0 Å². The van der Waals surface area contributed by atoms with Crippen molar-refractivity contribution in [2.24, 2.45) is 0 Å². The molecule has 1 aliphatic rings. The quantitative estimate of drug-likeness (QED) is 0.679. The van der Waals surface area contributed by atoms with Gasteiger partial charge in [-0.15, -0.1) is 0 Å². The molecule has 0 atom stereocenters. The van der Waals surface area contributed by atoms with Gasteiger partial charge in [-0.05, 0) is 37.6 Å². The Balaban J connectivity index is 2.18. The normalized spacial score (nSPS) is 18.8. The third kappa shape index (κ3) is 1.90. The summed E-state index contributed by atoms with van der Waals surface area (Å²) in [5, 5.41) is 6.93. The van der Waals surface area contributed by atoms with Crippen LogP contribution < -0.4 is 10.6 Å². The molecule has 13 heavy (non-hydrogen) atoms. The number of benzene rings is 1. The maximum atomic E-state index is 3.47. The minimum absolute atomic E-state index is 0.356. The molecule has 2 N–H and O–H groups in total. The van der Waals surface area contributed by atoms with Crippen LogP contribution in [0, 0.1) is 6.92 Å². The number of hydrogen-bond acceptors (Lipinski definition) is 2. The SMILES string of the molecule is Cc1ccccc1C1NCCCN1. The van der Waals surface area contributed by atoms with Gasteiger partial charge in [0, 0.05) is 0 Å². The Morgan fingerprint density at radius 1 is 1.15 bits per heavy atom. The first-order valence-electron chi connectivity index (χ1n) is 4.90. The Morgan fingerprint density at radius 3 is 2.54 bits per heavy atom. The van der Waals surface area contributed by atoms with Crippen LogP contribution >= 0.6 is 0 Å². The fraction of sp³-hybridized carbons (Fsp3) is 0.455. The first-order chi connectivity index (χ1) is 6.38. The molecule has 0 aromatic heterocycles. The summed E-state index contributed by atoms with van der Waals surface area (Å²) < 4.78 is 0. The van der Waals surface area contributed by atoms with Gasteiger partial charge in [0.1, 0.15) is 0 Å². The first kappa shape index (κ1) is 8.73. The van der Waals surface area contributed by atoms with Gasteiger partial charge in [0.25, 0.3) is 0 Å². The van der Waals surface area contributed by atoms with E-state index in [1.807, 2.05) is 0 Å². The highest BCUT2D eigenvalue weighted by Crippen LogP contribution is 2.16. The zero-order valence-corrected chi connectivity index (χ0v) is 8.01. The largest absolute Gasteiger partial charge is 0.298 e. The third-order valence-corrected chi connectivity index (χ3v) is 2.55. The Kier molecular flexibility index (Phi) is 2.62. The van der Waals surface area contributed by atoms with Gasteiger partial charge in [-0.3, -0.25) is 10.6 Å². The summed E-state index contributed by atoms with van der Waals surface area (Å²) in [7, 11) is 0. The van der Waals surface area contributed by atoms with Crippen LogP contribution in [0.2, 0.25) is 0 Å². The second-order valence-electron chi connectivity index (χ2n) is 3.55. The molecule has 0 aliphatic carbocycles. The summed E-state index contributed by atoms with van der Waals surface area (Å²) in [6.45, 7) is 4.39. The molecular weight excluding hydrogens is 160 g/mol. The van der Waals surface area contributed by atoms with E-state index in [1.165, 1.54) is 17.5 Å². The predicted molar refractivity (Wildman–Crippen MR) is 54.5 cm³/mol. The molecule has 0 unspecified atom stereocenters. The molecule has 1 heterocycles. The molecule has 0 bridgehead atoms. The van der Waals surface area contributed by atoms with E-state index in [1.54, 1.807) is 0 Å². The Bertz CT molecular complexity index is 277. The lowest BCUT2D eigenvalue weighted by atomic mass is 10.1. The van der Waals surface area contributed by atoms with E-state index >= 15 is 0 Å². The van der Waals surface area contributed by atoms with Crippen LogP contribution in [0.15, 0.2) is 24.3 Å². The molecule has 0 radical (unpaired) electrons. The second-order valence-corrected chi connectivity index (χ2v) is 3.55. The third-order valence-electron chi connectivity index (χ3n) is 2.55. The van der Waals surface area contributed by atoms with Crippen molar-refractivity contribution in [2.45, 2.75) is 19.5 Å². The highest BCUT2D eigenvalue weighted by molar-refractivity contribution is 5.28. The smallest absolute Gasteiger partial charge is 0.0838 e. The van der Waals surface area contributed by atoms with Crippen molar-refractivity contribution < 1.29 is 0 Å². The topological polar surface area (TPSA) is 24.1 Å². The highest BCUT2D eigenvalue weighted by atomic mass is 15.1. The summed E-state index contributed by atoms with van der Waals surface area (Å²) in [4.78, 5) is 0. The van der Waals surface area contributed by atoms with Crippen LogP contribution in [-0.2, 0) is 0 Å². The minimum atomic E-state index is 0.356. The van der Waals surface area contributed by atoms with Crippen molar-refractivity contribution >= 4 is 0 Å². The molecule has 1 fully saturated rings. The van der Waals surface area contributed by atoms with Gasteiger partial charge in [-0.1, -0.05) is 24.3 Å². The zero-order chi connectivity index (χ0) is 9.10. The lowest BCUT2D eigenvalue weighted by Crippen LogP contribution is -2.41. The van der Waals surface area contributed by atoms with E-state index in [0.717, 1.165) is 13.1 Å². The average Bonchev–Trinajstić information content (AvgIpc) is 2.20. The van der Waals surface area contributed by atoms with Crippen molar-refractivity contribution in [1.82, 2.24) is 10.6 Å². The summed E-state index contributed by atoms with van der Waals surface area (Å²) in [6.07, 6.45) is 1.58. The number of hydrogen-bond donors (Lipinski definition) is 2. The van der Waals surface area contributed by atoms with Crippen molar-refractivity contribution in [3.05, 3.63) is 35.4 Å². The van der Waals surface area contributed by atoms with E-state index in [2.05, 4.69) is 41.8 Å².